The molecule has 1 heterocycles. The van der Waals surface area contributed by atoms with Crippen LogP contribution >= 0.6 is 11.6 Å². The first-order valence-electron chi connectivity index (χ1n) is 6.65. The van der Waals surface area contributed by atoms with Gasteiger partial charge in [-0.3, -0.25) is 0 Å². The average Bonchev–Trinajstić information content (AvgIpc) is 2.31. The van der Waals surface area contributed by atoms with E-state index in [-0.39, 0.29) is 5.28 Å². The molecule has 2 unspecified atom stereocenters. The van der Waals surface area contributed by atoms with Crippen LogP contribution in [0.3, 0.4) is 0 Å². The third kappa shape index (κ3) is 3.48. The second-order valence-electron chi connectivity index (χ2n) is 5.62. The van der Waals surface area contributed by atoms with Crippen LogP contribution in [0.4, 0.5) is 11.5 Å². The van der Waals surface area contributed by atoms with Crippen molar-refractivity contribution in [1.29, 1.82) is 0 Å². The molecular formula is C13H21ClN4O. The number of aromatic nitrogens is 2. The Kier molecular flexibility index (Phi) is 4.16. The van der Waals surface area contributed by atoms with Crippen molar-refractivity contribution in [2.75, 3.05) is 17.6 Å². The topological polar surface area (TPSA) is 84.1 Å². The number of aryl methyl sites for hydroxylation is 1. The maximum atomic E-state index is 10.6. The van der Waals surface area contributed by atoms with Gasteiger partial charge in [-0.05, 0) is 37.3 Å². The molecule has 1 aromatic rings. The molecule has 1 aliphatic carbocycles. The van der Waals surface area contributed by atoms with Gasteiger partial charge in [-0.1, -0.05) is 19.8 Å². The summed E-state index contributed by atoms with van der Waals surface area (Å²) in [5.74, 6) is 1.05. The van der Waals surface area contributed by atoms with Gasteiger partial charge in [0.25, 0.3) is 0 Å². The van der Waals surface area contributed by atoms with Gasteiger partial charge in [-0.15, -0.1) is 0 Å². The maximum Gasteiger partial charge on any atom is 0.224 e. The predicted octanol–water partition coefficient (Wildman–Crippen LogP) is 2.37. The van der Waals surface area contributed by atoms with E-state index in [2.05, 4.69) is 22.2 Å². The van der Waals surface area contributed by atoms with Crippen LogP contribution in [-0.2, 0) is 0 Å². The van der Waals surface area contributed by atoms with Gasteiger partial charge in [0.1, 0.15) is 0 Å². The lowest BCUT2D eigenvalue weighted by Gasteiger charge is -2.35. The molecule has 1 saturated carbocycles. The predicted molar refractivity (Wildman–Crippen MR) is 77.3 cm³/mol. The van der Waals surface area contributed by atoms with Gasteiger partial charge in [0.2, 0.25) is 5.28 Å². The van der Waals surface area contributed by atoms with E-state index in [0.717, 1.165) is 19.3 Å². The Hall–Kier alpha value is -1.07. The van der Waals surface area contributed by atoms with Gasteiger partial charge in [0.05, 0.1) is 17.0 Å². The third-order valence-electron chi connectivity index (χ3n) is 3.76. The van der Waals surface area contributed by atoms with E-state index in [9.17, 15) is 5.11 Å². The molecule has 0 bridgehead atoms. The standard InChI is InChI=1S/C13H21ClN4O/c1-8-4-3-5-13(19,6-8)7-16-11-10(15)9(2)17-12(14)18-11/h8,19H,3-7,15H2,1-2H3,(H,16,17,18). The Labute approximate surface area is 118 Å². The fourth-order valence-corrected chi connectivity index (χ4v) is 2.93. The number of nitrogens with one attached hydrogen (secondary N) is 1. The molecule has 19 heavy (non-hydrogen) atoms. The Morgan fingerprint density at radius 1 is 1.53 bits per heavy atom. The lowest BCUT2D eigenvalue weighted by atomic mass is 9.79. The molecule has 6 heteroatoms. The zero-order chi connectivity index (χ0) is 14.0. The molecule has 2 atom stereocenters. The molecule has 0 spiro atoms. The quantitative estimate of drug-likeness (QED) is 0.742. The van der Waals surface area contributed by atoms with E-state index >= 15 is 0 Å². The zero-order valence-corrected chi connectivity index (χ0v) is 12.2. The molecule has 0 aromatic carbocycles. The number of anilines is 2. The summed E-state index contributed by atoms with van der Waals surface area (Å²) in [6.45, 7) is 4.39. The van der Waals surface area contributed by atoms with E-state index in [1.807, 2.05) is 0 Å². The maximum absolute atomic E-state index is 10.6. The molecule has 0 saturated heterocycles. The first-order chi connectivity index (χ1) is 8.89. The lowest BCUT2D eigenvalue weighted by Crippen LogP contribution is -2.41. The molecule has 1 fully saturated rings. The monoisotopic (exact) mass is 284 g/mol. The summed E-state index contributed by atoms with van der Waals surface area (Å²) in [6, 6.07) is 0. The molecule has 5 nitrogen and oxygen atoms in total. The second kappa shape index (κ2) is 5.51. The highest BCUT2D eigenvalue weighted by Crippen LogP contribution is 2.32. The highest BCUT2D eigenvalue weighted by Gasteiger charge is 2.32. The fraction of sp³-hybridized carbons (Fsp3) is 0.692. The molecule has 2 rings (SSSR count). The molecule has 4 N–H and O–H groups in total. The van der Waals surface area contributed by atoms with Gasteiger partial charge in [-0.25, -0.2) is 4.98 Å². The summed E-state index contributed by atoms with van der Waals surface area (Å²) in [4.78, 5) is 8.06. The van der Waals surface area contributed by atoms with Gasteiger partial charge in [0, 0.05) is 6.54 Å². The zero-order valence-electron chi connectivity index (χ0n) is 11.4. The SMILES string of the molecule is Cc1nc(Cl)nc(NCC2(O)CCCC(C)C2)c1N. The van der Waals surface area contributed by atoms with Crippen molar-refractivity contribution in [3.05, 3.63) is 11.0 Å². The van der Waals surface area contributed by atoms with Crippen LogP contribution in [0, 0.1) is 12.8 Å². The largest absolute Gasteiger partial charge is 0.394 e. The van der Waals surface area contributed by atoms with Crippen LogP contribution in [0.15, 0.2) is 0 Å². The summed E-state index contributed by atoms with van der Waals surface area (Å²) < 4.78 is 0. The highest BCUT2D eigenvalue weighted by atomic mass is 35.5. The molecule has 1 aromatic heterocycles. The Morgan fingerprint density at radius 3 is 2.95 bits per heavy atom. The Morgan fingerprint density at radius 2 is 2.26 bits per heavy atom. The Bertz CT molecular complexity index is 468. The van der Waals surface area contributed by atoms with Crippen LogP contribution in [0.25, 0.3) is 0 Å². The van der Waals surface area contributed by atoms with Gasteiger partial charge in [0.15, 0.2) is 5.82 Å². The minimum absolute atomic E-state index is 0.165. The number of hydrogen-bond acceptors (Lipinski definition) is 5. The minimum atomic E-state index is -0.685. The summed E-state index contributed by atoms with van der Waals surface area (Å²) in [5, 5.41) is 13.8. The normalized spacial score (nSPS) is 27.3. The number of rotatable bonds is 3. The van der Waals surface area contributed by atoms with Crippen LogP contribution in [0.5, 0.6) is 0 Å². The molecule has 0 aliphatic heterocycles. The number of halogens is 1. The van der Waals surface area contributed by atoms with Crippen LogP contribution < -0.4 is 11.1 Å². The molecule has 1 aliphatic rings. The van der Waals surface area contributed by atoms with Crippen molar-refractivity contribution >= 4 is 23.1 Å². The van der Waals surface area contributed by atoms with Crippen molar-refractivity contribution in [3.63, 3.8) is 0 Å². The number of nitrogen functional groups attached to an aromatic ring is 1. The van der Waals surface area contributed by atoms with E-state index in [1.165, 1.54) is 6.42 Å². The van der Waals surface area contributed by atoms with Crippen molar-refractivity contribution in [3.8, 4) is 0 Å². The van der Waals surface area contributed by atoms with Crippen molar-refractivity contribution < 1.29 is 5.11 Å². The number of nitrogens with two attached hydrogens (primary N) is 1. The first-order valence-corrected chi connectivity index (χ1v) is 7.03. The molecular weight excluding hydrogens is 264 g/mol. The second-order valence-corrected chi connectivity index (χ2v) is 5.96. The van der Waals surface area contributed by atoms with Crippen LogP contribution in [-0.4, -0.2) is 27.2 Å². The molecule has 106 valence electrons. The lowest BCUT2D eigenvalue weighted by molar-refractivity contribution is -0.000815. The van der Waals surface area contributed by atoms with Crippen LogP contribution in [0.1, 0.15) is 38.3 Å². The van der Waals surface area contributed by atoms with Gasteiger partial charge in [-0.2, -0.15) is 4.98 Å². The summed E-state index contributed by atoms with van der Waals surface area (Å²) in [5.41, 5.74) is 6.35. The summed E-state index contributed by atoms with van der Waals surface area (Å²) >= 11 is 5.82. The number of aliphatic hydroxyl groups is 1. The summed E-state index contributed by atoms with van der Waals surface area (Å²) in [7, 11) is 0. The number of nitrogens with zero attached hydrogens (tertiary/aromatic N) is 2. The highest BCUT2D eigenvalue weighted by molar-refractivity contribution is 6.28. The number of hydrogen-bond donors (Lipinski definition) is 3. The van der Waals surface area contributed by atoms with E-state index in [4.69, 9.17) is 17.3 Å². The van der Waals surface area contributed by atoms with Gasteiger partial charge >= 0.3 is 0 Å². The van der Waals surface area contributed by atoms with Crippen molar-refractivity contribution in [2.45, 2.75) is 45.1 Å². The van der Waals surface area contributed by atoms with E-state index < -0.39 is 5.60 Å². The first kappa shape index (κ1) is 14.3. The smallest absolute Gasteiger partial charge is 0.224 e. The van der Waals surface area contributed by atoms with Crippen molar-refractivity contribution in [1.82, 2.24) is 9.97 Å². The van der Waals surface area contributed by atoms with E-state index in [1.54, 1.807) is 6.92 Å². The molecule has 0 radical (unpaired) electrons. The minimum Gasteiger partial charge on any atom is -0.394 e. The van der Waals surface area contributed by atoms with Crippen LogP contribution in [0.2, 0.25) is 5.28 Å². The third-order valence-corrected chi connectivity index (χ3v) is 3.93. The average molecular weight is 285 g/mol. The van der Waals surface area contributed by atoms with Gasteiger partial charge < -0.3 is 16.2 Å². The van der Waals surface area contributed by atoms with E-state index in [0.29, 0.717) is 29.7 Å². The molecule has 0 amide bonds. The Balaban J connectivity index is 2.06. The fourth-order valence-electron chi connectivity index (χ4n) is 2.72. The summed E-state index contributed by atoms with van der Waals surface area (Å²) in [6.07, 6.45) is 3.85. The van der Waals surface area contributed by atoms with Crippen molar-refractivity contribution in [2.24, 2.45) is 5.92 Å².